The summed E-state index contributed by atoms with van der Waals surface area (Å²) in [4.78, 5) is 25.3. The Hall–Kier alpha value is -2.12. The molecular weight excluding hydrogens is 470 g/mol. The first-order valence-corrected chi connectivity index (χ1v) is 13.8. The van der Waals surface area contributed by atoms with Crippen LogP contribution in [0.4, 0.5) is 4.79 Å². The lowest BCUT2D eigenvalue weighted by molar-refractivity contribution is -0.146. The summed E-state index contributed by atoms with van der Waals surface area (Å²) in [6.07, 6.45) is 3.05. The van der Waals surface area contributed by atoms with Gasteiger partial charge in [0.15, 0.2) is 0 Å². The molecule has 0 aliphatic carbocycles. The third kappa shape index (κ3) is 10.3. The number of esters is 1. The van der Waals surface area contributed by atoms with Crippen LogP contribution in [0.5, 0.6) is 0 Å². The topological polar surface area (TPSA) is 94.1 Å². The van der Waals surface area contributed by atoms with Gasteiger partial charge < -0.3 is 24.6 Å². The number of ether oxygens (including phenoxy) is 3. The zero-order valence-corrected chi connectivity index (χ0v) is 24.1. The van der Waals surface area contributed by atoms with Gasteiger partial charge in [0, 0.05) is 6.61 Å². The maximum absolute atomic E-state index is 12.8. The summed E-state index contributed by atoms with van der Waals surface area (Å²) >= 11 is 0. The van der Waals surface area contributed by atoms with Crippen LogP contribution in [0.3, 0.4) is 0 Å². The molecule has 1 aromatic carbocycles. The van der Waals surface area contributed by atoms with E-state index in [2.05, 4.69) is 44.3 Å². The molecule has 0 spiro atoms. The second-order valence-electron chi connectivity index (χ2n) is 12.2. The molecule has 7 nitrogen and oxygen atoms in total. The van der Waals surface area contributed by atoms with E-state index in [0.29, 0.717) is 25.4 Å². The van der Waals surface area contributed by atoms with E-state index in [1.54, 1.807) is 0 Å². The Labute approximate surface area is 223 Å². The van der Waals surface area contributed by atoms with E-state index in [9.17, 15) is 9.59 Å². The van der Waals surface area contributed by atoms with Crippen LogP contribution in [0.25, 0.3) is 0 Å². The van der Waals surface area contributed by atoms with Gasteiger partial charge in [0.05, 0.1) is 12.0 Å². The molecule has 1 heterocycles. The summed E-state index contributed by atoms with van der Waals surface area (Å²) < 4.78 is 16.5. The molecular formula is C30H49NO6. The van der Waals surface area contributed by atoms with Crippen molar-refractivity contribution in [1.82, 2.24) is 5.32 Å². The highest BCUT2D eigenvalue weighted by Gasteiger charge is 2.42. The molecule has 1 saturated heterocycles. The van der Waals surface area contributed by atoms with E-state index in [4.69, 9.17) is 19.3 Å². The number of aliphatic hydroxyl groups excluding tert-OH is 1. The minimum Gasteiger partial charge on any atom is -0.460 e. The van der Waals surface area contributed by atoms with Crippen LogP contribution in [0.15, 0.2) is 18.2 Å². The Morgan fingerprint density at radius 2 is 1.92 bits per heavy atom. The first kappa shape index (κ1) is 31.1. The summed E-state index contributed by atoms with van der Waals surface area (Å²) in [6, 6.07) is 6.29. The normalized spacial score (nSPS) is 19.7. The lowest BCUT2D eigenvalue weighted by Gasteiger charge is -2.31. The second kappa shape index (κ2) is 14.1. The molecule has 0 bridgehead atoms. The minimum atomic E-state index is -0.612. The van der Waals surface area contributed by atoms with Crippen LogP contribution in [-0.2, 0) is 31.8 Å². The third-order valence-electron chi connectivity index (χ3n) is 7.25. The average molecular weight is 520 g/mol. The van der Waals surface area contributed by atoms with Gasteiger partial charge in [-0.15, -0.1) is 0 Å². The van der Waals surface area contributed by atoms with Crippen molar-refractivity contribution in [3.05, 3.63) is 34.9 Å². The molecule has 1 fully saturated rings. The SMILES string of the molecule is Cc1ccc(C[C@@H](C[C@H](NC(=O)OC(C)(C)C)[C@@H]2C[C@@H](C(C)C)C(=O)O2)C(C)C)cc1CCCOCO. The van der Waals surface area contributed by atoms with E-state index in [1.807, 2.05) is 34.6 Å². The number of carbonyl (C=O) groups excluding carboxylic acids is 2. The lowest BCUT2D eigenvalue weighted by Crippen LogP contribution is -2.47. The van der Waals surface area contributed by atoms with Gasteiger partial charge in [0.25, 0.3) is 0 Å². The second-order valence-corrected chi connectivity index (χ2v) is 12.2. The van der Waals surface area contributed by atoms with Gasteiger partial charge in [-0.3, -0.25) is 4.79 Å². The quantitative estimate of drug-likeness (QED) is 0.201. The molecule has 1 aromatic rings. The monoisotopic (exact) mass is 519 g/mol. The van der Waals surface area contributed by atoms with Crippen molar-refractivity contribution in [3.63, 3.8) is 0 Å². The molecule has 0 unspecified atom stereocenters. The van der Waals surface area contributed by atoms with Crippen molar-refractivity contribution in [2.24, 2.45) is 23.7 Å². The Morgan fingerprint density at radius 1 is 1.22 bits per heavy atom. The van der Waals surface area contributed by atoms with E-state index >= 15 is 0 Å². The zero-order valence-electron chi connectivity index (χ0n) is 24.1. The molecule has 37 heavy (non-hydrogen) atoms. The van der Waals surface area contributed by atoms with Gasteiger partial charge in [-0.2, -0.15) is 0 Å². The molecule has 2 N–H and O–H groups in total. The number of carbonyl (C=O) groups is 2. The lowest BCUT2D eigenvalue weighted by atomic mass is 9.81. The summed E-state index contributed by atoms with van der Waals surface area (Å²) in [5.41, 5.74) is 3.17. The molecule has 1 amide bonds. The molecule has 0 saturated carbocycles. The summed E-state index contributed by atoms with van der Waals surface area (Å²) in [5.74, 6) is 0.494. The van der Waals surface area contributed by atoms with Crippen LogP contribution in [0.1, 0.15) is 84.4 Å². The van der Waals surface area contributed by atoms with Gasteiger partial charge in [0.2, 0.25) is 0 Å². The largest absolute Gasteiger partial charge is 0.460 e. The van der Waals surface area contributed by atoms with Crippen LogP contribution in [0.2, 0.25) is 0 Å². The molecule has 1 aliphatic heterocycles. The Bertz CT molecular complexity index is 875. The number of hydrogen-bond acceptors (Lipinski definition) is 6. The number of rotatable bonds is 13. The predicted molar refractivity (Wildman–Crippen MR) is 145 cm³/mol. The number of benzene rings is 1. The fourth-order valence-electron chi connectivity index (χ4n) is 4.95. The average Bonchev–Trinajstić information content (AvgIpc) is 3.18. The maximum Gasteiger partial charge on any atom is 0.408 e. The number of nitrogens with one attached hydrogen (secondary N) is 1. The molecule has 210 valence electrons. The van der Waals surface area contributed by atoms with Crippen LogP contribution < -0.4 is 5.32 Å². The number of aryl methyl sites for hydroxylation is 2. The number of cyclic esters (lactones) is 1. The van der Waals surface area contributed by atoms with Crippen molar-refractivity contribution >= 4 is 12.1 Å². The van der Waals surface area contributed by atoms with Crippen LogP contribution >= 0.6 is 0 Å². The fourth-order valence-corrected chi connectivity index (χ4v) is 4.95. The number of amides is 1. The van der Waals surface area contributed by atoms with Crippen molar-refractivity contribution in [3.8, 4) is 0 Å². The highest BCUT2D eigenvalue weighted by Crippen LogP contribution is 2.33. The van der Waals surface area contributed by atoms with Gasteiger partial charge in [-0.1, -0.05) is 45.9 Å². The molecule has 0 radical (unpaired) electrons. The van der Waals surface area contributed by atoms with Gasteiger partial charge in [-0.25, -0.2) is 4.79 Å². The number of alkyl carbamates (subject to hydrolysis) is 1. The standard InChI is InChI=1S/C30H49NO6/c1-19(2)24(15-22-12-11-21(5)23(14-22)10-9-13-35-18-32)16-26(31-29(34)37-30(6,7)8)27-17-25(20(3)4)28(33)36-27/h11-12,14,19-20,24-27,32H,9-10,13,15-18H2,1-8H3,(H,31,34)/t24-,25-,26-,27-/m0/s1. The van der Waals surface area contributed by atoms with E-state index in [-0.39, 0.29) is 42.7 Å². The van der Waals surface area contributed by atoms with E-state index in [1.165, 1.54) is 16.7 Å². The first-order valence-electron chi connectivity index (χ1n) is 13.8. The smallest absolute Gasteiger partial charge is 0.408 e. The predicted octanol–water partition coefficient (Wildman–Crippen LogP) is 5.58. The Kier molecular flexibility index (Phi) is 11.9. The van der Waals surface area contributed by atoms with Crippen LogP contribution in [-0.4, -0.2) is 48.3 Å². The molecule has 0 aromatic heterocycles. The van der Waals surface area contributed by atoms with Crippen molar-refractivity contribution in [2.75, 3.05) is 13.4 Å². The van der Waals surface area contributed by atoms with Crippen molar-refractivity contribution < 1.29 is 28.9 Å². The van der Waals surface area contributed by atoms with Crippen molar-refractivity contribution in [1.29, 1.82) is 0 Å². The van der Waals surface area contributed by atoms with Crippen molar-refractivity contribution in [2.45, 2.75) is 105 Å². The molecule has 4 atom stereocenters. The highest BCUT2D eigenvalue weighted by atomic mass is 16.6. The van der Waals surface area contributed by atoms with E-state index < -0.39 is 11.7 Å². The zero-order chi connectivity index (χ0) is 27.8. The van der Waals surface area contributed by atoms with Crippen LogP contribution in [0, 0.1) is 30.6 Å². The minimum absolute atomic E-state index is 0.153. The van der Waals surface area contributed by atoms with Gasteiger partial charge in [-0.05, 0) is 94.2 Å². The molecule has 1 aliphatic rings. The van der Waals surface area contributed by atoms with Gasteiger partial charge >= 0.3 is 12.1 Å². The number of aliphatic hydroxyl groups is 1. The summed E-state index contributed by atoms with van der Waals surface area (Å²) in [6.45, 7) is 16.4. The van der Waals surface area contributed by atoms with Gasteiger partial charge in [0.1, 0.15) is 18.5 Å². The highest BCUT2D eigenvalue weighted by molar-refractivity contribution is 5.75. The Morgan fingerprint density at radius 3 is 2.49 bits per heavy atom. The van der Waals surface area contributed by atoms with E-state index in [0.717, 1.165) is 19.3 Å². The molecule has 7 heteroatoms. The number of hydrogen-bond donors (Lipinski definition) is 2. The maximum atomic E-state index is 12.8. The summed E-state index contributed by atoms with van der Waals surface area (Å²) in [5, 5.41) is 11.9. The Balaban J connectivity index is 2.20. The summed E-state index contributed by atoms with van der Waals surface area (Å²) in [7, 11) is 0. The first-order chi connectivity index (χ1) is 17.3. The molecule has 2 rings (SSSR count). The third-order valence-corrected chi connectivity index (χ3v) is 7.25. The fraction of sp³-hybridized carbons (Fsp3) is 0.733.